The van der Waals surface area contributed by atoms with Crippen LogP contribution in [0.4, 0.5) is 0 Å². The van der Waals surface area contributed by atoms with E-state index < -0.39 is 207 Å². The number of phenols is 4. The van der Waals surface area contributed by atoms with Crippen LogP contribution in [0.1, 0.15) is 64.2 Å². The summed E-state index contributed by atoms with van der Waals surface area (Å²) in [5, 5.41) is 45.8. The number of hydrogen-bond acceptors (Lipinski definition) is 22. The third-order valence-electron chi connectivity index (χ3n) is 17.1. The molecule has 4 atom stereocenters. The van der Waals surface area contributed by atoms with E-state index in [2.05, 4.69) is 52.9 Å². The van der Waals surface area contributed by atoms with Crippen molar-refractivity contribution in [2.45, 2.75) is 49.9 Å². The number of amides is 8. The summed E-state index contributed by atoms with van der Waals surface area (Å²) in [6.45, 7) is 0. The Morgan fingerprint density at radius 1 is 0.260 bits per heavy atom. The van der Waals surface area contributed by atoms with Crippen LogP contribution in [0.2, 0.25) is 0 Å². The quantitative estimate of drug-likeness (QED) is 0.0824. The van der Waals surface area contributed by atoms with E-state index in [0.29, 0.717) is 22.3 Å². The second kappa shape index (κ2) is 27.1. The van der Waals surface area contributed by atoms with Gasteiger partial charge in [-0.1, -0.05) is 60.7 Å². The van der Waals surface area contributed by atoms with Gasteiger partial charge in [0.15, 0.2) is 0 Å². The van der Waals surface area contributed by atoms with Crippen LogP contribution in [0.15, 0.2) is 196 Å². The molecule has 4 aliphatic rings. The standard InChI is InChI=1S/C70H50N14O20/c85-35-15-7-31(8-16-35)23-51-59(93)77-81-63(97)39-27-43-44(28-40(39)64(81)98)68(102)83(67(43)101)79-61(95)53(25-33-11-19-37(87)20-12-33)75-57(91)49-5-2-6-50(72-49)58(92)76-54(26-34-13-21-38(88)22-14-34)62(96)80-84-69(103)45-29-41-42(30-46(45)70(84)104)66(100)82(65(41)99)78-60(94)52(24-32-9-17-36(86)18-10-32)74-56(90)48-4-1-3-47(71-48)55(89)73-51/h1-22,27-30,51-54,85-88H,23-26H2,(H,73,89)(H,74,90)(H,75,91)(H,76,92)(H,77,93)(H,78,94)(H,79,95)(H,80,96)/t51-,52-,53-,54-/m0/s1. The van der Waals surface area contributed by atoms with Crippen LogP contribution >= 0.6 is 0 Å². The number of rotatable bonds is 8. The Labute approximate surface area is 577 Å². The highest BCUT2D eigenvalue weighted by atomic mass is 16.3. The second-order valence-electron chi connectivity index (χ2n) is 24.0. The molecule has 16 rings (SSSR count). The number of phenolic OH excluding ortho intramolecular Hbond substituents is 4. The highest BCUT2D eigenvalue weighted by Gasteiger charge is 2.33. The third kappa shape index (κ3) is 13.2. The Hall–Kier alpha value is -14.9. The zero-order valence-electron chi connectivity index (χ0n) is 53.2. The number of carbonyl (C=O) groups is 8. The van der Waals surface area contributed by atoms with Crippen molar-refractivity contribution in [2.75, 3.05) is 21.7 Å². The van der Waals surface area contributed by atoms with Gasteiger partial charge in [0.1, 0.15) is 69.9 Å². The van der Waals surface area contributed by atoms with E-state index >= 15 is 0 Å². The number of benzene rings is 6. The number of pyridine rings is 2. The molecule has 520 valence electrons. The summed E-state index contributed by atoms with van der Waals surface area (Å²) < 4.78 is 0.994. The lowest BCUT2D eigenvalue weighted by atomic mass is 10.0. The molecule has 6 aromatic heterocycles. The van der Waals surface area contributed by atoms with Gasteiger partial charge in [0.25, 0.3) is 91.7 Å². The van der Waals surface area contributed by atoms with Crippen molar-refractivity contribution in [3.05, 3.63) is 286 Å². The minimum absolute atomic E-state index is 0.187. The Kier molecular flexibility index (Phi) is 17.6. The number of nitrogens with one attached hydrogen (secondary N) is 8. The van der Waals surface area contributed by atoms with Gasteiger partial charge in [-0.2, -0.15) is 18.7 Å². The molecular formula is C70H50N14O20. The first kappa shape index (κ1) is 67.7. The number of nitrogens with zero attached hydrogens (tertiary/aromatic N) is 6. The van der Waals surface area contributed by atoms with Crippen molar-refractivity contribution >= 4 is 90.3 Å². The molecular weight excluding hydrogens is 1360 g/mol. The summed E-state index contributed by atoms with van der Waals surface area (Å²) in [4.78, 5) is 236. The lowest BCUT2D eigenvalue weighted by Gasteiger charge is -2.19. The molecule has 16 bridgehead atoms. The smallest absolute Gasteiger partial charge is 0.280 e. The van der Waals surface area contributed by atoms with Crippen molar-refractivity contribution < 1.29 is 58.8 Å². The Bertz CT molecular complexity index is 5210. The molecule has 0 spiro atoms. The van der Waals surface area contributed by atoms with E-state index in [0.717, 1.165) is 48.5 Å². The highest BCUT2D eigenvalue weighted by molar-refractivity contribution is 6.05. The minimum Gasteiger partial charge on any atom is -0.508 e. The van der Waals surface area contributed by atoms with Crippen molar-refractivity contribution in [2.24, 2.45) is 0 Å². The molecule has 34 heteroatoms. The molecule has 8 amide bonds. The van der Waals surface area contributed by atoms with Gasteiger partial charge in [0.05, 0.1) is 43.1 Å². The van der Waals surface area contributed by atoms with Crippen molar-refractivity contribution in [3.8, 4) is 23.0 Å². The molecule has 6 aromatic carbocycles. The van der Waals surface area contributed by atoms with E-state index in [1.807, 2.05) is 0 Å². The van der Waals surface area contributed by atoms with Crippen LogP contribution < -0.4 is 87.4 Å². The zero-order valence-corrected chi connectivity index (χ0v) is 53.2. The number of aromatic hydroxyl groups is 4. The highest BCUT2D eigenvalue weighted by Crippen LogP contribution is 2.20. The van der Waals surface area contributed by atoms with Gasteiger partial charge in [0.2, 0.25) is 0 Å². The summed E-state index contributed by atoms with van der Waals surface area (Å²) in [5.41, 5.74) is -2.24. The van der Waals surface area contributed by atoms with E-state index in [9.17, 15) is 97.1 Å². The van der Waals surface area contributed by atoms with Gasteiger partial charge in [-0.3, -0.25) is 98.4 Å². The van der Waals surface area contributed by atoms with Crippen LogP contribution in [-0.4, -0.2) is 121 Å². The predicted molar refractivity (Wildman–Crippen MR) is 368 cm³/mol. The fourth-order valence-corrected chi connectivity index (χ4v) is 11.7. The normalized spacial score (nSPS) is 16.7. The van der Waals surface area contributed by atoms with Gasteiger partial charge >= 0.3 is 0 Å². The largest absolute Gasteiger partial charge is 0.508 e. The van der Waals surface area contributed by atoms with Gasteiger partial charge in [-0.25, -0.2) is 9.97 Å². The molecule has 12 aromatic rings. The molecule has 0 radical (unpaired) electrons. The number of carbonyl (C=O) groups excluding carboxylic acids is 8. The Morgan fingerprint density at radius 2 is 0.433 bits per heavy atom. The fourth-order valence-electron chi connectivity index (χ4n) is 11.7. The maximum Gasteiger partial charge on any atom is 0.280 e. The monoisotopic (exact) mass is 1410 g/mol. The fraction of sp³-hybridized carbons (Fsp3) is 0.114. The first-order valence-corrected chi connectivity index (χ1v) is 31.2. The number of aromatic nitrogens is 6. The van der Waals surface area contributed by atoms with Gasteiger partial charge in [0, 0.05) is 25.7 Å². The van der Waals surface area contributed by atoms with Crippen LogP contribution in [0.3, 0.4) is 0 Å². The summed E-state index contributed by atoms with van der Waals surface area (Å²) >= 11 is 0. The maximum absolute atomic E-state index is 14.4. The summed E-state index contributed by atoms with van der Waals surface area (Å²) in [6, 6.07) is 24.5. The lowest BCUT2D eigenvalue weighted by molar-refractivity contribution is -0.119. The lowest BCUT2D eigenvalue weighted by Crippen LogP contribution is -2.51. The first-order valence-electron chi connectivity index (χ1n) is 31.2. The molecule has 4 aliphatic heterocycles. The average molecular weight is 1410 g/mol. The van der Waals surface area contributed by atoms with Crippen molar-refractivity contribution in [3.63, 3.8) is 0 Å². The molecule has 0 saturated carbocycles. The Balaban J connectivity index is 0.888. The van der Waals surface area contributed by atoms with Crippen molar-refractivity contribution in [1.82, 2.24) is 49.9 Å². The molecule has 10 heterocycles. The average Bonchev–Trinajstić information content (AvgIpc) is 1.59. The molecule has 104 heavy (non-hydrogen) atoms. The van der Waals surface area contributed by atoms with E-state index in [1.54, 1.807) is 0 Å². The predicted octanol–water partition coefficient (Wildman–Crippen LogP) is -1.49. The third-order valence-corrected chi connectivity index (χ3v) is 17.1. The van der Waals surface area contributed by atoms with Crippen LogP contribution in [0, 0.1) is 0 Å². The zero-order chi connectivity index (χ0) is 73.7. The van der Waals surface area contributed by atoms with Crippen LogP contribution in [0.25, 0.3) is 43.1 Å². The first-order chi connectivity index (χ1) is 49.7. The summed E-state index contributed by atoms with van der Waals surface area (Å²) in [5.74, 6) is -10.2. The maximum atomic E-state index is 14.4. The van der Waals surface area contributed by atoms with Gasteiger partial charge in [-0.05, 0) is 119 Å². The molecule has 34 nitrogen and oxygen atoms in total. The van der Waals surface area contributed by atoms with Gasteiger partial charge in [-0.15, -0.1) is 0 Å². The molecule has 0 saturated heterocycles. The Morgan fingerprint density at radius 3 is 0.606 bits per heavy atom. The minimum atomic E-state index is -1.73. The van der Waals surface area contributed by atoms with Gasteiger partial charge < -0.3 is 41.7 Å². The topological polar surface area (TPSA) is 496 Å². The SMILES string of the molecule is O=C1N[C@@H](Cc2ccc(O)cc2)C(=O)Nn2c(=O)c3cc4c(=O)n(c(=O)c4cc3c2=O)NC(=O)[C@H](Cc2ccc(O)cc2)NC(=O)c2cccc(n2)C(=O)N[C@@H](Cc2ccc(O)cc2)C(=O)Nn2c(=O)c3cc4c(=O)n(c(=O)c4cc3c2=O)NC(=O)[C@H](Cc2ccc(O)cc2)NC(=O)c2cccc1n2. The van der Waals surface area contributed by atoms with E-state index in [1.165, 1.54) is 109 Å². The molecule has 12 N–H and O–H groups in total. The van der Waals surface area contributed by atoms with Crippen LogP contribution in [0.5, 0.6) is 23.0 Å². The summed E-state index contributed by atoms with van der Waals surface area (Å²) in [7, 11) is 0. The second-order valence-corrected chi connectivity index (χ2v) is 24.0. The van der Waals surface area contributed by atoms with Crippen molar-refractivity contribution in [1.29, 1.82) is 0 Å². The summed E-state index contributed by atoms with van der Waals surface area (Å²) in [6.07, 6.45) is -1.65. The molecule has 0 fully saturated rings. The molecule has 0 aliphatic carbocycles. The van der Waals surface area contributed by atoms with E-state index in [-0.39, 0.29) is 41.7 Å². The van der Waals surface area contributed by atoms with Crippen LogP contribution in [-0.2, 0) is 44.9 Å². The number of hydrogen-bond donors (Lipinski definition) is 12. The molecule has 0 unspecified atom stereocenters. The van der Waals surface area contributed by atoms with E-state index in [4.69, 9.17) is 0 Å².